The van der Waals surface area contributed by atoms with Gasteiger partial charge in [0.1, 0.15) is 0 Å². The van der Waals surface area contributed by atoms with Crippen molar-refractivity contribution in [3.05, 3.63) is 65.9 Å². The Morgan fingerprint density at radius 1 is 1.15 bits per heavy atom. The second-order valence-electron chi connectivity index (χ2n) is 6.41. The van der Waals surface area contributed by atoms with E-state index in [1.807, 2.05) is 56.3 Å². The van der Waals surface area contributed by atoms with Gasteiger partial charge in [-0.2, -0.15) is 5.26 Å². The number of hydrogen-bond donors (Lipinski definition) is 0. The number of hydrogen-bond acceptors (Lipinski definition) is 4. The largest absolute Gasteiger partial charge is 0.311 e. The molecule has 0 fully saturated rings. The third kappa shape index (κ3) is 4.66. The van der Waals surface area contributed by atoms with E-state index in [2.05, 4.69) is 17.1 Å². The lowest BCUT2D eigenvalue weighted by molar-refractivity contribution is -0.116. The molecule has 0 aliphatic carbocycles. The number of benzene rings is 2. The number of nitrogens with zero attached hydrogens (tertiary/aromatic N) is 3. The molecule has 0 spiro atoms. The SMILES string of the molecule is Cc1cc(C)cc(N(CCC#N)C(=O)CSc2ccnc3ccccc23)c1. The standard InChI is InChI=1S/C22H21N3OS/c1-16-12-17(2)14-18(13-16)25(11-5-9-23)22(26)15-27-21-8-10-24-20-7-4-3-6-19(20)21/h3-4,6-8,10,12-14H,5,11,15H2,1-2H3. The fourth-order valence-corrected chi connectivity index (χ4v) is 4.00. The van der Waals surface area contributed by atoms with Crippen molar-refractivity contribution in [2.24, 2.45) is 0 Å². The van der Waals surface area contributed by atoms with E-state index >= 15 is 0 Å². The summed E-state index contributed by atoms with van der Waals surface area (Å²) in [6, 6.07) is 18.1. The molecule has 0 N–H and O–H groups in total. The lowest BCUT2D eigenvalue weighted by Gasteiger charge is -2.23. The number of aryl methyl sites for hydroxylation is 2. The molecule has 0 bridgehead atoms. The number of thioether (sulfide) groups is 1. The molecule has 0 radical (unpaired) electrons. The van der Waals surface area contributed by atoms with Crippen molar-refractivity contribution in [2.45, 2.75) is 25.2 Å². The van der Waals surface area contributed by atoms with E-state index in [4.69, 9.17) is 5.26 Å². The van der Waals surface area contributed by atoms with Gasteiger partial charge >= 0.3 is 0 Å². The fraction of sp³-hybridized carbons (Fsp3) is 0.227. The quantitative estimate of drug-likeness (QED) is 0.576. The van der Waals surface area contributed by atoms with E-state index in [-0.39, 0.29) is 5.91 Å². The van der Waals surface area contributed by atoms with Crippen molar-refractivity contribution < 1.29 is 4.79 Å². The average Bonchev–Trinajstić information content (AvgIpc) is 2.66. The van der Waals surface area contributed by atoms with Crippen LogP contribution in [-0.2, 0) is 4.79 Å². The number of carbonyl (C=O) groups is 1. The molecule has 2 aromatic carbocycles. The summed E-state index contributed by atoms with van der Waals surface area (Å²) in [4.78, 5) is 20.1. The van der Waals surface area contributed by atoms with Crippen LogP contribution in [0.1, 0.15) is 17.5 Å². The fourth-order valence-electron chi connectivity index (χ4n) is 3.08. The number of nitriles is 1. The number of amides is 1. The number of carbonyl (C=O) groups excluding carboxylic acids is 1. The molecule has 4 nitrogen and oxygen atoms in total. The van der Waals surface area contributed by atoms with E-state index in [0.717, 1.165) is 32.6 Å². The zero-order valence-electron chi connectivity index (χ0n) is 15.5. The van der Waals surface area contributed by atoms with Crippen molar-refractivity contribution in [1.29, 1.82) is 5.26 Å². The first-order chi connectivity index (χ1) is 13.1. The first-order valence-electron chi connectivity index (χ1n) is 8.80. The normalized spacial score (nSPS) is 10.6. The number of fused-ring (bicyclic) bond motifs is 1. The van der Waals surface area contributed by atoms with Crippen LogP contribution < -0.4 is 4.90 Å². The second kappa shape index (κ2) is 8.70. The minimum atomic E-state index is 0.00106. The van der Waals surface area contributed by atoms with Crippen LogP contribution in [0.3, 0.4) is 0 Å². The van der Waals surface area contributed by atoms with E-state index in [1.165, 1.54) is 11.8 Å². The molecule has 1 amide bonds. The summed E-state index contributed by atoms with van der Waals surface area (Å²) in [5.74, 6) is 0.313. The molecule has 3 aromatic rings. The van der Waals surface area contributed by atoms with Gasteiger partial charge in [-0.25, -0.2) is 0 Å². The highest BCUT2D eigenvalue weighted by Crippen LogP contribution is 2.27. The minimum absolute atomic E-state index is 0.00106. The summed E-state index contributed by atoms with van der Waals surface area (Å²) in [5.41, 5.74) is 3.98. The van der Waals surface area contributed by atoms with Crippen molar-refractivity contribution in [3.63, 3.8) is 0 Å². The second-order valence-corrected chi connectivity index (χ2v) is 7.43. The highest BCUT2D eigenvalue weighted by Gasteiger charge is 2.17. The first-order valence-corrected chi connectivity index (χ1v) is 9.79. The van der Waals surface area contributed by atoms with Gasteiger partial charge < -0.3 is 4.90 Å². The van der Waals surface area contributed by atoms with Gasteiger partial charge in [0.2, 0.25) is 5.91 Å². The average molecular weight is 375 g/mol. The molecule has 5 heteroatoms. The lowest BCUT2D eigenvalue weighted by atomic mass is 10.1. The van der Waals surface area contributed by atoms with Crippen molar-refractivity contribution in [2.75, 3.05) is 17.2 Å². The Morgan fingerprint density at radius 3 is 2.63 bits per heavy atom. The molecule has 0 atom stereocenters. The van der Waals surface area contributed by atoms with Crippen LogP contribution in [0.4, 0.5) is 5.69 Å². The summed E-state index contributed by atoms with van der Waals surface area (Å²) in [6.45, 7) is 4.43. The summed E-state index contributed by atoms with van der Waals surface area (Å²) >= 11 is 1.51. The summed E-state index contributed by atoms with van der Waals surface area (Å²) in [5, 5.41) is 10.0. The maximum absolute atomic E-state index is 13.0. The molecular formula is C22H21N3OS. The first kappa shape index (κ1) is 18.9. The van der Waals surface area contributed by atoms with E-state index in [9.17, 15) is 4.79 Å². The number of para-hydroxylation sites is 1. The molecule has 0 saturated heterocycles. The lowest BCUT2D eigenvalue weighted by Crippen LogP contribution is -2.33. The highest BCUT2D eigenvalue weighted by atomic mass is 32.2. The number of aromatic nitrogens is 1. The molecule has 0 aliphatic rings. The number of anilines is 1. The molecular weight excluding hydrogens is 354 g/mol. The van der Waals surface area contributed by atoms with Gasteiger partial charge in [-0.1, -0.05) is 24.3 Å². The zero-order valence-corrected chi connectivity index (χ0v) is 16.3. The summed E-state index contributed by atoms with van der Waals surface area (Å²) < 4.78 is 0. The minimum Gasteiger partial charge on any atom is -0.311 e. The molecule has 1 aromatic heterocycles. The molecule has 1 heterocycles. The summed E-state index contributed by atoms with van der Waals surface area (Å²) in [6.07, 6.45) is 2.08. The van der Waals surface area contributed by atoms with Crippen LogP contribution in [0.2, 0.25) is 0 Å². The van der Waals surface area contributed by atoms with Crippen LogP contribution in [0.25, 0.3) is 10.9 Å². The Morgan fingerprint density at radius 2 is 1.89 bits per heavy atom. The van der Waals surface area contributed by atoms with Crippen LogP contribution in [0.5, 0.6) is 0 Å². The Bertz CT molecular complexity index is 984. The van der Waals surface area contributed by atoms with Gasteiger partial charge in [0, 0.05) is 28.7 Å². The van der Waals surface area contributed by atoms with Crippen molar-refractivity contribution >= 4 is 34.3 Å². The molecule has 3 rings (SSSR count). The van der Waals surface area contributed by atoms with Gasteiger partial charge in [-0.3, -0.25) is 9.78 Å². The maximum atomic E-state index is 13.0. The topological polar surface area (TPSA) is 57.0 Å². The van der Waals surface area contributed by atoms with E-state index in [0.29, 0.717) is 18.7 Å². The summed E-state index contributed by atoms with van der Waals surface area (Å²) in [7, 11) is 0. The Hall–Kier alpha value is -2.84. The van der Waals surface area contributed by atoms with E-state index < -0.39 is 0 Å². The van der Waals surface area contributed by atoms with Gasteiger partial charge in [0.15, 0.2) is 0 Å². The van der Waals surface area contributed by atoms with Gasteiger partial charge in [0.05, 0.1) is 23.8 Å². The number of rotatable bonds is 6. The highest BCUT2D eigenvalue weighted by molar-refractivity contribution is 8.00. The third-order valence-corrected chi connectivity index (χ3v) is 5.28. The molecule has 0 saturated carbocycles. The van der Waals surface area contributed by atoms with Gasteiger partial charge in [-0.05, 0) is 49.2 Å². The van der Waals surface area contributed by atoms with Gasteiger partial charge in [0.25, 0.3) is 0 Å². The maximum Gasteiger partial charge on any atom is 0.237 e. The van der Waals surface area contributed by atoms with Gasteiger partial charge in [-0.15, -0.1) is 11.8 Å². The Kier molecular flexibility index (Phi) is 6.10. The van der Waals surface area contributed by atoms with Crippen molar-refractivity contribution in [1.82, 2.24) is 4.98 Å². The van der Waals surface area contributed by atoms with Crippen molar-refractivity contribution in [3.8, 4) is 6.07 Å². The molecule has 0 unspecified atom stereocenters. The monoisotopic (exact) mass is 375 g/mol. The smallest absolute Gasteiger partial charge is 0.237 e. The molecule has 0 aliphatic heterocycles. The Balaban J connectivity index is 1.81. The van der Waals surface area contributed by atoms with E-state index in [1.54, 1.807) is 11.1 Å². The Labute approximate surface area is 163 Å². The van der Waals surface area contributed by atoms with Crippen LogP contribution in [-0.4, -0.2) is 23.2 Å². The van der Waals surface area contributed by atoms with Crippen LogP contribution in [0, 0.1) is 25.2 Å². The number of pyridine rings is 1. The van der Waals surface area contributed by atoms with Crippen LogP contribution in [0.15, 0.2) is 59.6 Å². The molecule has 136 valence electrons. The predicted molar refractivity (Wildman–Crippen MR) is 111 cm³/mol. The third-order valence-electron chi connectivity index (χ3n) is 4.23. The zero-order chi connectivity index (χ0) is 19.2. The predicted octanol–water partition coefficient (Wildman–Crippen LogP) is 4.89. The molecule has 27 heavy (non-hydrogen) atoms. The van der Waals surface area contributed by atoms with Crippen LogP contribution >= 0.6 is 11.8 Å².